The highest BCUT2D eigenvalue weighted by Gasteiger charge is 2.50. The summed E-state index contributed by atoms with van der Waals surface area (Å²) in [6.07, 6.45) is 0.760. The molecular weight excluding hydrogens is 402 g/mol. The summed E-state index contributed by atoms with van der Waals surface area (Å²) in [5, 5.41) is 16.5. The second-order valence-electron chi connectivity index (χ2n) is 8.61. The molecule has 32 heavy (non-hydrogen) atoms. The Labute approximate surface area is 186 Å². The Morgan fingerprint density at radius 3 is 2.47 bits per heavy atom. The fourth-order valence-electron chi connectivity index (χ4n) is 5.18. The van der Waals surface area contributed by atoms with Crippen LogP contribution in [0.4, 0.5) is 0 Å². The average molecular weight is 430 g/mol. The molecule has 5 rings (SSSR count). The van der Waals surface area contributed by atoms with Gasteiger partial charge < -0.3 is 15.0 Å². The number of benzene rings is 2. The van der Waals surface area contributed by atoms with Crippen LogP contribution in [0.15, 0.2) is 77.6 Å². The molecule has 0 unspecified atom stereocenters. The fourth-order valence-corrected chi connectivity index (χ4v) is 5.18. The number of aliphatic hydroxyl groups excluding tert-OH is 1. The van der Waals surface area contributed by atoms with Crippen molar-refractivity contribution in [3.05, 3.63) is 94.4 Å². The average Bonchev–Trinajstić information content (AvgIpc) is 3.37. The van der Waals surface area contributed by atoms with Gasteiger partial charge in [0.15, 0.2) is 0 Å². The van der Waals surface area contributed by atoms with Gasteiger partial charge in [-0.05, 0) is 29.7 Å². The molecule has 164 valence electrons. The number of carbonyl (C=O) groups excluding carboxylic acids is 1. The highest BCUT2D eigenvalue weighted by molar-refractivity contribution is 5.82. The lowest BCUT2D eigenvalue weighted by Gasteiger charge is -2.21. The van der Waals surface area contributed by atoms with Crippen molar-refractivity contribution in [3.63, 3.8) is 0 Å². The first-order chi connectivity index (χ1) is 15.7. The van der Waals surface area contributed by atoms with Crippen molar-refractivity contribution >= 4 is 5.91 Å². The van der Waals surface area contributed by atoms with E-state index in [0.717, 1.165) is 17.7 Å². The van der Waals surface area contributed by atoms with Crippen LogP contribution in [0.25, 0.3) is 11.1 Å². The molecule has 0 radical (unpaired) electrons. The minimum Gasteiger partial charge on any atom is -0.396 e. The molecule has 1 fully saturated rings. The Bertz CT molecular complexity index is 1160. The summed E-state index contributed by atoms with van der Waals surface area (Å²) in [6.45, 7) is 0.954. The molecule has 2 aliphatic rings. The second-order valence-corrected chi connectivity index (χ2v) is 8.61. The lowest BCUT2D eigenvalue weighted by Crippen LogP contribution is -2.46. The lowest BCUT2D eigenvalue weighted by atomic mass is 9.88. The van der Waals surface area contributed by atoms with Crippen LogP contribution in [0, 0.1) is 11.8 Å². The topological polar surface area (TPSA) is 83.4 Å². The number of rotatable bonds is 6. The van der Waals surface area contributed by atoms with Crippen molar-refractivity contribution in [2.24, 2.45) is 11.8 Å². The Hall–Kier alpha value is -3.22. The van der Waals surface area contributed by atoms with Gasteiger partial charge in [0.05, 0.1) is 12.1 Å². The minimum absolute atomic E-state index is 0.00333. The van der Waals surface area contributed by atoms with Gasteiger partial charge in [-0.2, -0.15) is 0 Å². The Morgan fingerprint density at radius 1 is 1.03 bits per heavy atom. The number of hydrogen-bond donors (Lipinski definition) is 3. The Kier molecular flexibility index (Phi) is 5.64. The number of hydrogen-bond acceptors (Lipinski definition) is 4. The summed E-state index contributed by atoms with van der Waals surface area (Å²) in [5.74, 6) is -0.330. The molecule has 3 N–H and O–H groups in total. The van der Waals surface area contributed by atoms with E-state index in [1.807, 2.05) is 72.8 Å². The molecule has 1 saturated heterocycles. The maximum atomic E-state index is 13.2. The molecular formula is C26H27N3O3. The standard InChI is InChI=1S/C26H27N3O3/c30-16-21-20-15-29-22(12-11-19(26(29)32)18-9-5-2-6-10-18)23(20)28-24(21)25(31)27-14-13-17-7-3-1-4-8-17/h1-12,20-21,23-24,28,30H,13-16H2,(H,27,31)/t20-,21-,23+,24-/m0/s1. The third kappa shape index (κ3) is 3.66. The van der Waals surface area contributed by atoms with Crippen molar-refractivity contribution in [2.75, 3.05) is 13.2 Å². The van der Waals surface area contributed by atoms with Crippen LogP contribution in [0.1, 0.15) is 17.3 Å². The Morgan fingerprint density at radius 2 is 1.75 bits per heavy atom. The zero-order chi connectivity index (χ0) is 22.1. The van der Waals surface area contributed by atoms with Crippen molar-refractivity contribution in [1.82, 2.24) is 15.2 Å². The maximum absolute atomic E-state index is 13.2. The number of fused-ring (bicyclic) bond motifs is 3. The third-order valence-electron chi connectivity index (χ3n) is 6.82. The van der Waals surface area contributed by atoms with Gasteiger partial charge in [0.2, 0.25) is 5.91 Å². The number of pyridine rings is 1. The van der Waals surface area contributed by atoms with Gasteiger partial charge in [0.1, 0.15) is 0 Å². The SMILES string of the molecule is O=C(NCCc1ccccc1)[C@H]1N[C@H]2c3ccc(-c4ccccc4)c(=O)n3C[C@H]2[C@@H]1CO. The van der Waals surface area contributed by atoms with Gasteiger partial charge in [-0.15, -0.1) is 0 Å². The number of nitrogens with zero attached hydrogens (tertiary/aromatic N) is 1. The van der Waals surface area contributed by atoms with Crippen LogP contribution in [-0.4, -0.2) is 34.8 Å². The van der Waals surface area contributed by atoms with Gasteiger partial charge >= 0.3 is 0 Å². The predicted molar refractivity (Wildman–Crippen MR) is 123 cm³/mol. The first-order valence-corrected chi connectivity index (χ1v) is 11.1. The summed E-state index contributed by atoms with van der Waals surface area (Å²) < 4.78 is 1.80. The van der Waals surface area contributed by atoms with Gasteiger partial charge in [-0.25, -0.2) is 0 Å². The first-order valence-electron chi connectivity index (χ1n) is 11.1. The van der Waals surface area contributed by atoms with E-state index in [1.165, 1.54) is 5.56 Å². The first kappa shape index (κ1) is 20.7. The van der Waals surface area contributed by atoms with Gasteiger partial charge in [-0.1, -0.05) is 60.7 Å². The molecule has 6 heteroatoms. The van der Waals surface area contributed by atoms with E-state index < -0.39 is 6.04 Å². The molecule has 2 aromatic carbocycles. The second kappa shape index (κ2) is 8.73. The zero-order valence-corrected chi connectivity index (χ0v) is 17.8. The predicted octanol–water partition coefficient (Wildman–Crippen LogP) is 2.13. The molecule has 0 aliphatic carbocycles. The molecule has 0 spiro atoms. The fraction of sp³-hybridized carbons (Fsp3) is 0.308. The number of aromatic nitrogens is 1. The molecule has 3 heterocycles. The minimum atomic E-state index is -0.469. The van der Waals surface area contributed by atoms with Crippen LogP contribution < -0.4 is 16.2 Å². The van der Waals surface area contributed by atoms with E-state index in [-0.39, 0.29) is 36.0 Å². The number of amides is 1. The molecule has 6 nitrogen and oxygen atoms in total. The largest absolute Gasteiger partial charge is 0.396 e. The smallest absolute Gasteiger partial charge is 0.258 e. The summed E-state index contributed by atoms with van der Waals surface area (Å²) in [6, 6.07) is 22.9. The molecule has 2 aliphatic heterocycles. The quantitative estimate of drug-likeness (QED) is 0.561. The highest BCUT2D eigenvalue weighted by Crippen LogP contribution is 2.42. The number of nitrogens with one attached hydrogen (secondary N) is 2. The van der Waals surface area contributed by atoms with Crippen LogP contribution in [0.5, 0.6) is 0 Å². The molecule has 3 aromatic rings. The van der Waals surface area contributed by atoms with Gasteiger partial charge in [0, 0.05) is 42.8 Å². The summed E-state index contributed by atoms with van der Waals surface area (Å²) in [4.78, 5) is 26.1. The van der Waals surface area contributed by atoms with E-state index in [9.17, 15) is 14.7 Å². The highest BCUT2D eigenvalue weighted by atomic mass is 16.3. The van der Waals surface area contributed by atoms with Crippen molar-refractivity contribution in [3.8, 4) is 11.1 Å². The van der Waals surface area contributed by atoms with E-state index in [1.54, 1.807) is 4.57 Å². The lowest BCUT2D eigenvalue weighted by molar-refractivity contribution is -0.124. The van der Waals surface area contributed by atoms with Crippen LogP contribution >= 0.6 is 0 Å². The number of carbonyl (C=O) groups is 1. The zero-order valence-electron chi connectivity index (χ0n) is 17.8. The molecule has 0 bridgehead atoms. The van der Waals surface area contributed by atoms with Gasteiger partial charge in [0.25, 0.3) is 5.56 Å². The monoisotopic (exact) mass is 429 g/mol. The molecule has 4 atom stereocenters. The van der Waals surface area contributed by atoms with Crippen molar-refractivity contribution in [1.29, 1.82) is 0 Å². The van der Waals surface area contributed by atoms with E-state index >= 15 is 0 Å². The number of aliphatic hydroxyl groups is 1. The van der Waals surface area contributed by atoms with Crippen LogP contribution in [0.2, 0.25) is 0 Å². The van der Waals surface area contributed by atoms with E-state index in [2.05, 4.69) is 10.6 Å². The third-order valence-corrected chi connectivity index (χ3v) is 6.82. The van der Waals surface area contributed by atoms with E-state index in [4.69, 9.17) is 0 Å². The normalized spacial score (nSPS) is 23.5. The van der Waals surface area contributed by atoms with Crippen molar-refractivity contribution in [2.45, 2.75) is 25.0 Å². The summed E-state index contributed by atoms with van der Waals surface area (Å²) >= 11 is 0. The molecule has 0 saturated carbocycles. The summed E-state index contributed by atoms with van der Waals surface area (Å²) in [7, 11) is 0. The van der Waals surface area contributed by atoms with Crippen LogP contribution in [0.3, 0.4) is 0 Å². The van der Waals surface area contributed by atoms with Crippen LogP contribution in [-0.2, 0) is 17.8 Å². The molecule has 1 aromatic heterocycles. The maximum Gasteiger partial charge on any atom is 0.258 e. The van der Waals surface area contributed by atoms with Crippen molar-refractivity contribution < 1.29 is 9.90 Å². The Balaban J connectivity index is 1.32. The van der Waals surface area contributed by atoms with Gasteiger partial charge in [-0.3, -0.25) is 14.9 Å². The molecule has 1 amide bonds. The van der Waals surface area contributed by atoms with E-state index in [0.29, 0.717) is 18.7 Å². The summed E-state index contributed by atoms with van der Waals surface area (Å²) in [5.41, 5.74) is 3.60.